The number of carbonyl (C=O) groups is 1. The summed E-state index contributed by atoms with van der Waals surface area (Å²) in [6.07, 6.45) is 1.13. The molecular weight excluding hydrogens is 218 g/mol. The van der Waals surface area contributed by atoms with Gasteiger partial charge >= 0.3 is 6.09 Å². The van der Waals surface area contributed by atoms with Gasteiger partial charge in [0.1, 0.15) is 11.4 Å². The fourth-order valence-corrected chi connectivity index (χ4v) is 1.19. The molecule has 1 aromatic rings. The Morgan fingerprint density at radius 2 is 2.06 bits per heavy atom. The Morgan fingerprint density at radius 1 is 1.47 bits per heavy atom. The predicted molar refractivity (Wildman–Crippen MR) is 68.0 cm³/mol. The zero-order valence-corrected chi connectivity index (χ0v) is 10.9. The van der Waals surface area contributed by atoms with E-state index in [4.69, 9.17) is 10.5 Å². The maximum absolute atomic E-state index is 11.8. The standard InChI is InChI=1S/C12H19N3O2/c1-8-6-9(7-14-10(8)13)15(5)11(16)17-12(2,3)4/h6-7H,1-5H3,(H2,13,14). The number of amides is 1. The summed E-state index contributed by atoms with van der Waals surface area (Å²) in [6, 6.07) is 1.80. The summed E-state index contributed by atoms with van der Waals surface area (Å²) in [5, 5.41) is 0. The first-order valence-corrected chi connectivity index (χ1v) is 5.39. The van der Waals surface area contributed by atoms with Gasteiger partial charge in [-0.3, -0.25) is 4.90 Å². The van der Waals surface area contributed by atoms with E-state index in [9.17, 15) is 4.79 Å². The minimum Gasteiger partial charge on any atom is -0.443 e. The van der Waals surface area contributed by atoms with Crippen molar-refractivity contribution in [2.24, 2.45) is 0 Å². The van der Waals surface area contributed by atoms with Crippen LogP contribution >= 0.6 is 0 Å². The lowest BCUT2D eigenvalue weighted by Crippen LogP contribution is -2.34. The van der Waals surface area contributed by atoms with Crippen LogP contribution in [0.25, 0.3) is 0 Å². The smallest absolute Gasteiger partial charge is 0.414 e. The number of rotatable bonds is 1. The van der Waals surface area contributed by atoms with Gasteiger partial charge in [-0.25, -0.2) is 9.78 Å². The van der Waals surface area contributed by atoms with Gasteiger partial charge in [0, 0.05) is 7.05 Å². The van der Waals surface area contributed by atoms with Crippen LogP contribution in [0.1, 0.15) is 26.3 Å². The van der Waals surface area contributed by atoms with Crippen molar-refractivity contribution in [3.63, 3.8) is 0 Å². The third-order valence-corrected chi connectivity index (χ3v) is 2.16. The molecule has 2 N–H and O–H groups in total. The van der Waals surface area contributed by atoms with Crippen molar-refractivity contribution in [2.75, 3.05) is 17.7 Å². The molecule has 0 saturated carbocycles. The van der Waals surface area contributed by atoms with Crippen LogP contribution in [0.15, 0.2) is 12.3 Å². The van der Waals surface area contributed by atoms with E-state index in [-0.39, 0.29) is 0 Å². The molecule has 1 heterocycles. The zero-order chi connectivity index (χ0) is 13.2. The van der Waals surface area contributed by atoms with Gasteiger partial charge in [0.25, 0.3) is 0 Å². The van der Waals surface area contributed by atoms with E-state index in [1.807, 2.05) is 27.7 Å². The molecule has 0 aliphatic rings. The Kier molecular flexibility index (Phi) is 3.60. The minimum absolute atomic E-state index is 0.413. The molecule has 0 spiro atoms. The summed E-state index contributed by atoms with van der Waals surface area (Å²) in [6.45, 7) is 7.32. The molecule has 5 heteroatoms. The fraction of sp³-hybridized carbons (Fsp3) is 0.500. The molecule has 0 unspecified atom stereocenters. The lowest BCUT2D eigenvalue weighted by molar-refractivity contribution is 0.0589. The van der Waals surface area contributed by atoms with Gasteiger partial charge in [-0.05, 0) is 39.3 Å². The Labute approximate surface area is 102 Å². The third-order valence-electron chi connectivity index (χ3n) is 2.16. The number of hydrogen-bond acceptors (Lipinski definition) is 4. The van der Waals surface area contributed by atoms with Crippen molar-refractivity contribution in [1.82, 2.24) is 4.98 Å². The summed E-state index contributed by atoms with van der Waals surface area (Å²) in [5.74, 6) is 0.464. The van der Waals surface area contributed by atoms with Crippen LogP contribution in [0.2, 0.25) is 0 Å². The molecule has 17 heavy (non-hydrogen) atoms. The lowest BCUT2D eigenvalue weighted by atomic mass is 10.2. The molecule has 1 aromatic heterocycles. The SMILES string of the molecule is Cc1cc(N(C)C(=O)OC(C)(C)C)cnc1N. The van der Waals surface area contributed by atoms with Crippen molar-refractivity contribution >= 4 is 17.6 Å². The van der Waals surface area contributed by atoms with Crippen LogP contribution in [0.4, 0.5) is 16.3 Å². The highest BCUT2D eigenvalue weighted by Crippen LogP contribution is 2.19. The molecule has 1 rings (SSSR count). The van der Waals surface area contributed by atoms with Crippen molar-refractivity contribution in [2.45, 2.75) is 33.3 Å². The van der Waals surface area contributed by atoms with Gasteiger partial charge in [0.15, 0.2) is 0 Å². The normalized spacial score (nSPS) is 11.1. The van der Waals surface area contributed by atoms with Gasteiger partial charge in [-0.2, -0.15) is 0 Å². The molecule has 1 amide bonds. The molecule has 0 aliphatic heterocycles. The Bertz CT molecular complexity index is 424. The first-order chi connectivity index (χ1) is 7.70. The number of anilines is 2. The van der Waals surface area contributed by atoms with Crippen LogP contribution in [0, 0.1) is 6.92 Å². The number of ether oxygens (including phenoxy) is 1. The van der Waals surface area contributed by atoms with Crippen LogP contribution in [-0.2, 0) is 4.74 Å². The quantitative estimate of drug-likeness (QED) is 0.814. The second kappa shape index (κ2) is 4.61. The maximum atomic E-state index is 11.8. The van der Waals surface area contributed by atoms with Gasteiger partial charge < -0.3 is 10.5 Å². The topological polar surface area (TPSA) is 68.5 Å². The van der Waals surface area contributed by atoms with Crippen molar-refractivity contribution in [3.8, 4) is 0 Å². The summed E-state index contributed by atoms with van der Waals surface area (Å²) in [4.78, 5) is 17.2. The summed E-state index contributed by atoms with van der Waals surface area (Å²) < 4.78 is 5.25. The molecule has 0 saturated heterocycles. The molecule has 0 radical (unpaired) electrons. The highest BCUT2D eigenvalue weighted by Gasteiger charge is 2.20. The average molecular weight is 237 g/mol. The zero-order valence-electron chi connectivity index (χ0n) is 10.9. The number of nitrogen functional groups attached to an aromatic ring is 1. The highest BCUT2D eigenvalue weighted by molar-refractivity contribution is 5.87. The number of nitrogens with zero attached hydrogens (tertiary/aromatic N) is 2. The van der Waals surface area contributed by atoms with Crippen LogP contribution < -0.4 is 10.6 Å². The number of aryl methyl sites for hydroxylation is 1. The highest BCUT2D eigenvalue weighted by atomic mass is 16.6. The molecule has 0 aromatic carbocycles. The number of hydrogen-bond donors (Lipinski definition) is 1. The monoisotopic (exact) mass is 237 g/mol. The van der Waals surface area contributed by atoms with Crippen molar-refractivity contribution in [1.29, 1.82) is 0 Å². The molecule has 94 valence electrons. The number of carbonyl (C=O) groups excluding carboxylic acids is 1. The Hall–Kier alpha value is -1.78. The van der Waals surface area contributed by atoms with Crippen LogP contribution in [0.3, 0.4) is 0 Å². The largest absolute Gasteiger partial charge is 0.443 e. The first-order valence-electron chi connectivity index (χ1n) is 5.39. The number of nitrogens with two attached hydrogens (primary N) is 1. The Balaban J connectivity index is 2.85. The van der Waals surface area contributed by atoms with Gasteiger partial charge in [-0.15, -0.1) is 0 Å². The number of aromatic nitrogens is 1. The summed E-state index contributed by atoms with van der Waals surface area (Å²) in [5.41, 5.74) is 6.60. The average Bonchev–Trinajstić information content (AvgIpc) is 2.18. The van der Waals surface area contributed by atoms with E-state index in [1.54, 1.807) is 19.3 Å². The maximum Gasteiger partial charge on any atom is 0.414 e. The van der Waals surface area contributed by atoms with Gasteiger partial charge in [0.2, 0.25) is 0 Å². The van der Waals surface area contributed by atoms with Gasteiger partial charge in [-0.1, -0.05) is 0 Å². The van der Waals surface area contributed by atoms with E-state index in [1.165, 1.54) is 4.90 Å². The van der Waals surface area contributed by atoms with Crippen LogP contribution in [0.5, 0.6) is 0 Å². The Morgan fingerprint density at radius 3 is 2.53 bits per heavy atom. The second-order valence-electron chi connectivity index (χ2n) is 4.94. The minimum atomic E-state index is -0.512. The van der Waals surface area contributed by atoms with Crippen molar-refractivity contribution in [3.05, 3.63) is 17.8 Å². The fourth-order valence-electron chi connectivity index (χ4n) is 1.19. The van der Waals surface area contributed by atoms with E-state index in [0.29, 0.717) is 11.5 Å². The van der Waals surface area contributed by atoms with E-state index < -0.39 is 11.7 Å². The van der Waals surface area contributed by atoms with Gasteiger partial charge in [0.05, 0.1) is 11.9 Å². The van der Waals surface area contributed by atoms with Crippen LogP contribution in [-0.4, -0.2) is 23.7 Å². The van der Waals surface area contributed by atoms with E-state index >= 15 is 0 Å². The predicted octanol–water partition coefficient (Wildman–Crippen LogP) is 2.34. The van der Waals surface area contributed by atoms with Crippen molar-refractivity contribution < 1.29 is 9.53 Å². The molecule has 0 aliphatic carbocycles. The summed E-state index contributed by atoms with van der Waals surface area (Å²) >= 11 is 0. The number of pyridine rings is 1. The van der Waals surface area contributed by atoms with E-state index in [0.717, 1.165) is 5.56 Å². The molecular formula is C12H19N3O2. The molecule has 5 nitrogen and oxygen atoms in total. The molecule has 0 fully saturated rings. The van der Waals surface area contributed by atoms with E-state index in [2.05, 4.69) is 4.98 Å². The summed E-state index contributed by atoms with van der Waals surface area (Å²) in [7, 11) is 1.64. The third kappa shape index (κ3) is 3.62. The first kappa shape index (κ1) is 13.3. The second-order valence-corrected chi connectivity index (χ2v) is 4.94. The lowest BCUT2D eigenvalue weighted by Gasteiger charge is -2.24. The molecule has 0 bridgehead atoms. The molecule has 0 atom stereocenters.